The van der Waals surface area contributed by atoms with Crippen LogP contribution in [-0.4, -0.2) is 11.8 Å². The Hall–Kier alpha value is -8.50. The number of ether oxygens (including phenoxy) is 4. The van der Waals surface area contributed by atoms with E-state index in [1.807, 2.05) is 0 Å². The lowest BCUT2D eigenvalue weighted by atomic mass is 9.94. The van der Waals surface area contributed by atoms with E-state index in [2.05, 4.69) is 0 Å². The van der Waals surface area contributed by atoms with Crippen molar-refractivity contribution in [2.45, 2.75) is 11.8 Å². The van der Waals surface area contributed by atoms with Crippen molar-refractivity contribution >= 4 is 119 Å². The molecule has 0 spiro atoms. The van der Waals surface area contributed by atoms with E-state index in [1.165, 1.54) is 84.9 Å². The van der Waals surface area contributed by atoms with Crippen molar-refractivity contribution in [3.8, 4) is 40.2 Å². The first-order valence-electron chi connectivity index (χ1n) is 25.9. The maximum Gasteiger partial charge on any atom is 0.179 e. The lowest BCUT2D eigenvalue weighted by Crippen LogP contribution is -2.43. The van der Waals surface area contributed by atoms with E-state index in [1.54, 1.807) is 0 Å². The number of fused-ring (bicyclic) bond motifs is 8. The molecule has 11 aromatic carbocycles. The molecule has 84 heavy (non-hydrogen) atoms. The second-order valence-electron chi connectivity index (χ2n) is 21.0. The SMILES string of the molecule is O=P1(c2cc(P3(=O)c4cc(F)ccc4Oc4ccc(F)cc43)c3ccc4c(P5(=O)c6cc(F)ccc6OC6C=CC(F)=CC65)cc(P5(=O)c6cc(F)ccc6Oc6ccc(F)cc65)c5ccc2c3c54)c2cc(F)ccc2Oc2ccc(F)cc21. The molecule has 0 aromatic heterocycles. The van der Waals surface area contributed by atoms with Crippen molar-refractivity contribution < 1.29 is 72.3 Å². The van der Waals surface area contributed by atoms with Gasteiger partial charge in [-0.2, -0.15) is 0 Å². The third kappa shape index (κ3) is 6.85. The molecule has 0 radical (unpaired) electrons. The number of hydrogen-bond acceptors (Lipinski definition) is 8. The van der Waals surface area contributed by atoms with Crippen LogP contribution in [-0.2, 0) is 18.3 Å². The summed E-state index contributed by atoms with van der Waals surface area (Å²) in [5.74, 6) is -7.70. The zero-order valence-electron chi connectivity index (χ0n) is 42.6. The molecule has 3 unspecified atom stereocenters. The molecular formula is C64H32F8O8P4. The van der Waals surface area contributed by atoms with Gasteiger partial charge in [0.1, 0.15) is 92.9 Å². The van der Waals surface area contributed by atoms with Crippen molar-refractivity contribution in [3.63, 3.8) is 0 Å². The van der Waals surface area contributed by atoms with Crippen molar-refractivity contribution in [1.82, 2.24) is 0 Å². The van der Waals surface area contributed by atoms with E-state index in [0.717, 1.165) is 97.1 Å². The van der Waals surface area contributed by atoms with E-state index < -0.39 is 86.9 Å². The molecule has 20 heteroatoms. The Morgan fingerprint density at radius 2 is 0.595 bits per heavy atom. The Morgan fingerprint density at radius 1 is 0.310 bits per heavy atom. The number of hydrogen-bond donors (Lipinski definition) is 0. The first kappa shape index (κ1) is 51.2. The molecule has 0 amide bonds. The fraction of sp³-hybridized carbons (Fsp3) is 0.0312. The van der Waals surface area contributed by atoms with Gasteiger partial charge in [-0.25, -0.2) is 35.1 Å². The summed E-state index contributed by atoms with van der Waals surface area (Å²) in [6.45, 7) is 0. The summed E-state index contributed by atoms with van der Waals surface area (Å²) >= 11 is 0. The molecule has 0 saturated heterocycles. The van der Waals surface area contributed by atoms with Crippen LogP contribution in [0.2, 0.25) is 0 Å². The molecule has 0 saturated carbocycles. The molecule has 1 aliphatic carbocycles. The van der Waals surface area contributed by atoms with E-state index in [9.17, 15) is 0 Å². The standard InChI is InChI=1S/C64H32F8O8P4/c65-31-1-13-43-55(21-31)81(73,56-22-32(66)2-14-44(56)77-43)51-29-52(82(74)57-23-33(67)3-15-45(57)78-46-16-4-34(68)24-58(46)82)40-11-12-42-54(84(76)61-27-37(71)7-19-49(61)80-50-20-8-38(72)28-62(50)84)30-53(41-10-9-39(51)63(40)64(41)42)83(75)59-25-35(69)5-17-47(59)79-48-18-6-36(70)26-60(48)83/h1-30,43,55H. The minimum atomic E-state index is -4.86. The third-order valence-corrected chi connectivity index (χ3v) is 29.2. The summed E-state index contributed by atoms with van der Waals surface area (Å²) in [4.78, 5) is 0. The van der Waals surface area contributed by atoms with Gasteiger partial charge in [-0.3, -0.25) is 0 Å². The molecule has 0 fully saturated rings. The van der Waals surface area contributed by atoms with Crippen LogP contribution in [0.25, 0.3) is 32.3 Å². The molecule has 412 valence electrons. The molecule has 3 atom stereocenters. The minimum Gasteiger partial charge on any atom is -0.484 e. The van der Waals surface area contributed by atoms with Crippen molar-refractivity contribution in [3.05, 3.63) is 229 Å². The number of allylic oxidation sites excluding steroid dienone is 2. The van der Waals surface area contributed by atoms with Crippen LogP contribution < -0.4 is 77.3 Å². The maximum atomic E-state index is 17.4. The fourth-order valence-corrected chi connectivity index (χ4v) is 25.8. The van der Waals surface area contributed by atoms with Crippen molar-refractivity contribution in [2.24, 2.45) is 0 Å². The van der Waals surface area contributed by atoms with Crippen LogP contribution in [0.15, 0.2) is 188 Å². The normalized spacial score (nSPS) is 19.6. The zero-order valence-corrected chi connectivity index (χ0v) is 46.1. The molecule has 0 bridgehead atoms. The van der Waals surface area contributed by atoms with Crippen molar-refractivity contribution in [2.75, 3.05) is 0 Å². The smallest absolute Gasteiger partial charge is 0.179 e. The highest BCUT2D eigenvalue weighted by molar-refractivity contribution is 7.88. The van der Waals surface area contributed by atoms with Gasteiger partial charge in [-0.1, -0.05) is 24.3 Å². The summed E-state index contributed by atoms with van der Waals surface area (Å²) in [5.41, 5.74) is -1.45. The van der Waals surface area contributed by atoms with Gasteiger partial charge in [0.05, 0.1) is 42.8 Å². The van der Waals surface area contributed by atoms with Crippen LogP contribution in [0.3, 0.4) is 0 Å². The van der Waals surface area contributed by atoms with Gasteiger partial charge < -0.3 is 37.2 Å². The Bertz CT molecular complexity index is 4850. The number of halogens is 8. The van der Waals surface area contributed by atoms with E-state index >= 15 is 53.4 Å². The average molecular weight is 1200 g/mol. The highest BCUT2D eigenvalue weighted by atomic mass is 31.2. The van der Waals surface area contributed by atoms with Gasteiger partial charge in [0.25, 0.3) is 0 Å². The molecule has 0 N–H and O–H groups in total. The second-order valence-corrected chi connectivity index (χ2v) is 31.8. The van der Waals surface area contributed by atoms with Crippen molar-refractivity contribution in [1.29, 1.82) is 0 Å². The summed E-state index contributed by atoms with van der Waals surface area (Å²) in [6, 6.07) is 31.5. The van der Waals surface area contributed by atoms with E-state index in [0.29, 0.717) is 0 Å². The first-order chi connectivity index (χ1) is 40.3. The van der Waals surface area contributed by atoms with Crippen LogP contribution in [0.5, 0.6) is 40.2 Å². The highest BCUT2D eigenvalue weighted by Crippen LogP contribution is 2.63. The van der Waals surface area contributed by atoms with Crippen LogP contribution in [0.4, 0.5) is 35.1 Å². The topological polar surface area (TPSA) is 105 Å². The van der Waals surface area contributed by atoms with Crippen LogP contribution in [0, 0.1) is 40.7 Å². The Morgan fingerprint density at radius 3 is 0.929 bits per heavy atom. The van der Waals surface area contributed by atoms with Gasteiger partial charge in [0.15, 0.2) is 28.6 Å². The van der Waals surface area contributed by atoms with Gasteiger partial charge >= 0.3 is 0 Å². The summed E-state index contributed by atoms with van der Waals surface area (Å²) in [7, 11) is -19.3. The molecule has 11 aromatic rings. The number of benzene rings is 11. The molecular weight excluding hydrogens is 1170 g/mol. The molecule has 4 heterocycles. The van der Waals surface area contributed by atoms with Gasteiger partial charge in [0.2, 0.25) is 0 Å². The lowest BCUT2D eigenvalue weighted by molar-refractivity contribution is 0.247. The zero-order chi connectivity index (χ0) is 57.7. The molecule has 8 nitrogen and oxygen atoms in total. The molecule has 16 rings (SSSR count). The lowest BCUT2D eigenvalue weighted by Gasteiger charge is -2.39. The molecule has 4 aliphatic heterocycles. The fourth-order valence-electron chi connectivity index (χ4n) is 12.9. The van der Waals surface area contributed by atoms with Gasteiger partial charge in [-0.15, -0.1) is 0 Å². The summed E-state index contributed by atoms with van der Waals surface area (Å²) in [6.07, 6.45) is 2.38. The van der Waals surface area contributed by atoms with E-state index in [-0.39, 0.29) is 131 Å². The quantitative estimate of drug-likeness (QED) is 0.0975. The Balaban J connectivity index is 1.16. The summed E-state index contributed by atoms with van der Waals surface area (Å²) in [5, 5.41) is -2.63. The third-order valence-electron chi connectivity index (χ3n) is 16.5. The maximum absolute atomic E-state index is 17.4. The van der Waals surface area contributed by atoms with Crippen LogP contribution >= 0.6 is 28.6 Å². The predicted octanol–water partition coefficient (Wildman–Crippen LogP) is 12.7. The highest BCUT2D eigenvalue weighted by Gasteiger charge is 2.52. The van der Waals surface area contributed by atoms with Gasteiger partial charge in [0, 0.05) is 21.2 Å². The van der Waals surface area contributed by atoms with Gasteiger partial charge in [-0.05, 0) is 190 Å². The largest absolute Gasteiger partial charge is 0.484 e. The monoisotopic (exact) mass is 1200 g/mol. The summed E-state index contributed by atoms with van der Waals surface area (Å²) < 4.78 is 222. The number of rotatable bonds is 4. The second kappa shape index (κ2) is 17.5. The van der Waals surface area contributed by atoms with Crippen LogP contribution in [0.1, 0.15) is 0 Å². The first-order valence-corrected chi connectivity index (χ1v) is 32.8. The Kier molecular flexibility index (Phi) is 10.7. The predicted molar refractivity (Wildman–Crippen MR) is 308 cm³/mol. The van der Waals surface area contributed by atoms with E-state index in [4.69, 9.17) is 18.9 Å². The Labute approximate surface area is 470 Å². The minimum absolute atomic E-state index is 0.00262. The average Bonchev–Trinajstić information content (AvgIpc) is 2.87. The molecule has 5 aliphatic rings.